The van der Waals surface area contributed by atoms with Crippen molar-refractivity contribution in [1.29, 1.82) is 0 Å². The number of thiophene rings is 1. The summed E-state index contributed by atoms with van der Waals surface area (Å²) in [6.07, 6.45) is 2.28. The van der Waals surface area contributed by atoms with Gasteiger partial charge in [-0.2, -0.15) is 5.10 Å². The van der Waals surface area contributed by atoms with E-state index in [4.69, 9.17) is 10.1 Å². The molecule has 0 saturated carbocycles. The Balaban J connectivity index is 1.77. The van der Waals surface area contributed by atoms with Gasteiger partial charge in [-0.1, -0.05) is 24.3 Å². The van der Waals surface area contributed by atoms with Gasteiger partial charge in [0.15, 0.2) is 0 Å². The highest BCUT2D eigenvalue weighted by Crippen LogP contribution is 2.42. The average molecular weight is 331 g/mol. The molecule has 0 atom stereocenters. The van der Waals surface area contributed by atoms with Crippen LogP contribution in [0.3, 0.4) is 0 Å². The summed E-state index contributed by atoms with van der Waals surface area (Å²) in [5.74, 6) is 0. The molecule has 0 unspecified atom stereocenters. The van der Waals surface area contributed by atoms with Gasteiger partial charge in [-0.15, -0.1) is 11.3 Å². The first-order chi connectivity index (χ1) is 11.8. The molecule has 24 heavy (non-hydrogen) atoms. The molecule has 0 radical (unpaired) electrons. The van der Waals surface area contributed by atoms with Crippen LogP contribution in [0.2, 0.25) is 0 Å². The Hall–Kier alpha value is -2.46. The number of aromatic nitrogens is 3. The smallest absolute Gasteiger partial charge is 0.120 e. The van der Waals surface area contributed by atoms with Crippen LogP contribution in [0.25, 0.3) is 31.9 Å². The van der Waals surface area contributed by atoms with E-state index in [0.717, 1.165) is 30.0 Å². The summed E-state index contributed by atoms with van der Waals surface area (Å²) in [4.78, 5) is 6.03. The largest absolute Gasteiger partial charge is 0.268 e. The summed E-state index contributed by atoms with van der Waals surface area (Å²) >= 11 is 1.85. The maximum absolute atomic E-state index is 4.91. The highest BCUT2D eigenvalue weighted by Gasteiger charge is 2.25. The zero-order valence-electron chi connectivity index (χ0n) is 13.5. The molecule has 118 valence electrons. The Bertz CT molecular complexity index is 1020. The topological polar surface area (TPSA) is 30.7 Å². The minimum atomic E-state index is 0.976. The molecule has 1 aliphatic heterocycles. The second kappa shape index (κ2) is 5.28. The van der Waals surface area contributed by atoms with Gasteiger partial charge in [0, 0.05) is 33.1 Å². The summed E-state index contributed by atoms with van der Waals surface area (Å²) < 4.78 is 3.51. The van der Waals surface area contributed by atoms with Crippen LogP contribution in [0.1, 0.15) is 17.8 Å². The summed E-state index contributed by atoms with van der Waals surface area (Å²) in [7, 11) is 0. The zero-order valence-corrected chi connectivity index (χ0v) is 14.3. The van der Waals surface area contributed by atoms with Gasteiger partial charge in [0.2, 0.25) is 0 Å². The Morgan fingerprint density at radius 2 is 2.00 bits per heavy atom. The fourth-order valence-corrected chi connectivity index (χ4v) is 4.68. The lowest BCUT2D eigenvalue weighted by Crippen LogP contribution is -1.95. The van der Waals surface area contributed by atoms with E-state index >= 15 is 0 Å². The number of rotatable bonds is 2. The molecule has 0 bridgehead atoms. The molecule has 1 aromatic carbocycles. The molecule has 4 heteroatoms. The van der Waals surface area contributed by atoms with E-state index < -0.39 is 0 Å². The molecule has 0 spiro atoms. The third-order valence-electron chi connectivity index (χ3n) is 4.64. The van der Waals surface area contributed by atoms with Crippen LogP contribution in [-0.4, -0.2) is 14.8 Å². The van der Waals surface area contributed by atoms with Crippen LogP contribution in [0.15, 0.2) is 48.5 Å². The molecule has 0 aliphatic carbocycles. The summed E-state index contributed by atoms with van der Waals surface area (Å²) in [5.41, 5.74) is 5.68. The van der Waals surface area contributed by atoms with Gasteiger partial charge in [-0.3, -0.25) is 9.67 Å². The fourth-order valence-electron chi connectivity index (χ4n) is 3.55. The number of benzene rings is 1. The Morgan fingerprint density at radius 3 is 2.88 bits per heavy atom. The molecule has 0 amide bonds. The monoisotopic (exact) mass is 331 g/mol. The van der Waals surface area contributed by atoms with Gasteiger partial charge < -0.3 is 0 Å². The first kappa shape index (κ1) is 13.9. The lowest BCUT2D eigenvalue weighted by molar-refractivity contribution is 0.658. The summed E-state index contributed by atoms with van der Waals surface area (Å²) in [6, 6.07) is 17.1. The summed E-state index contributed by atoms with van der Waals surface area (Å²) in [6.45, 7) is 3.05. The van der Waals surface area contributed by atoms with Crippen molar-refractivity contribution in [3.63, 3.8) is 0 Å². The second-order valence-electron chi connectivity index (χ2n) is 6.31. The van der Waals surface area contributed by atoms with E-state index in [1.807, 2.05) is 24.3 Å². The van der Waals surface area contributed by atoms with Gasteiger partial charge in [0.1, 0.15) is 5.69 Å². The molecule has 1 aliphatic rings. The van der Waals surface area contributed by atoms with Gasteiger partial charge in [-0.05, 0) is 49.4 Å². The van der Waals surface area contributed by atoms with Crippen LogP contribution in [-0.2, 0) is 13.0 Å². The molecular formula is C20H17N3S. The van der Waals surface area contributed by atoms with E-state index in [1.54, 1.807) is 0 Å². The Labute approximate surface area is 144 Å². The van der Waals surface area contributed by atoms with Gasteiger partial charge >= 0.3 is 0 Å². The Morgan fingerprint density at radius 1 is 1.08 bits per heavy atom. The molecular weight excluding hydrogens is 314 g/mol. The number of hydrogen-bond donors (Lipinski definition) is 0. The number of aryl methyl sites for hydroxylation is 2. The van der Waals surface area contributed by atoms with E-state index in [0.29, 0.717) is 0 Å². The van der Waals surface area contributed by atoms with Gasteiger partial charge in [-0.25, -0.2) is 0 Å². The average Bonchev–Trinajstić information content (AvgIpc) is 3.27. The van der Waals surface area contributed by atoms with Crippen LogP contribution in [0, 0.1) is 6.92 Å². The van der Waals surface area contributed by atoms with Gasteiger partial charge in [0.05, 0.1) is 5.69 Å². The lowest BCUT2D eigenvalue weighted by Gasteiger charge is -2.03. The molecule has 3 aromatic heterocycles. The molecule has 0 fully saturated rings. The number of pyridine rings is 1. The first-order valence-electron chi connectivity index (χ1n) is 8.32. The van der Waals surface area contributed by atoms with Crippen molar-refractivity contribution < 1.29 is 0 Å². The molecule has 4 aromatic rings. The maximum atomic E-state index is 4.91. The van der Waals surface area contributed by atoms with Crippen molar-refractivity contribution in [2.45, 2.75) is 26.3 Å². The predicted molar refractivity (Wildman–Crippen MR) is 99.3 cm³/mol. The minimum absolute atomic E-state index is 0.976. The molecule has 4 heterocycles. The SMILES string of the molecule is Cc1cccc(-c2nn3c(c2-c2cc4ccccc4s2)CCC3)n1. The molecule has 3 nitrogen and oxygen atoms in total. The predicted octanol–water partition coefficient (Wildman–Crippen LogP) is 5.08. The van der Waals surface area contributed by atoms with Crippen molar-refractivity contribution in [1.82, 2.24) is 14.8 Å². The highest BCUT2D eigenvalue weighted by molar-refractivity contribution is 7.22. The van der Waals surface area contributed by atoms with Crippen molar-refractivity contribution in [3.05, 3.63) is 59.9 Å². The first-order valence-corrected chi connectivity index (χ1v) is 9.14. The third kappa shape index (κ3) is 2.10. The molecule has 0 saturated heterocycles. The zero-order chi connectivity index (χ0) is 16.1. The van der Waals surface area contributed by atoms with E-state index in [9.17, 15) is 0 Å². The number of nitrogens with zero attached hydrogens (tertiary/aromatic N) is 3. The minimum Gasteiger partial charge on any atom is -0.268 e. The van der Waals surface area contributed by atoms with E-state index in [-0.39, 0.29) is 0 Å². The standard InChI is InChI=1S/C20H17N3S/c1-13-6-4-8-15(21-13)20-19(16-9-5-11-23(16)22-20)18-12-14-7-2-3-10-17(14)24-18/h2-4,6-8,10,12H,5,9,11H2,1H3. The van der Waals surface area contributed by atoms with Crippen LogP contribution in [0.5, 0.6) is 0 Å². The molecule has 0 N–H and O–H groups in total. The van der Waals surface area contributed by atoms with E-state index in [1.165, 1.54) is 32.6 Å². The van der Waals surface area contributed by atoms with E-state index in [2.05, 4.69) is 47.1 Å². The van der Waals surface area contributed by atoms with Crippen LogP contribution in [0.4, 0.5) is 0 Å². The lowest BCUT2D eigenvalue weighted by atomic mass is 10.1. The highest BCUT2D eigenvalue weighted by atomic mass is 32.1. The van der Waals surface area contributed by atoms with Crippen LogP contribution >= 0.6 is 11.3 Å². The van der Waals surface area contributed by atoms with Crippen molar-refractivity contribution in [2.75, 3.05) is 0 Å². The van der Waals surface area contributed by atoms with Crippen molar-refractivity contribution in [3.8, 4) is 21.8 Å². The maximum Gasteiger partial charge on any atom is 0.120 e. The second-order valence-corrected chi connectivity index (χ2v) is 7.39. The number of fused-ring (bicyclic) bond motifs is 2. The Kier molecular flexibility index (Phi) is 3.06. The van der Waals surface area contributed by atoms with Crippen molar-refractivity contribution >= 4 is 21.4 Å². The fraction of sp³-hybridized carbons (Fsp3) is 0.200. The van der Waals surface area contributed by atoms with Crippen molar-refractivity contribution in [2.24, 2.45) is 0 Å². The quantitative estimate of drug-likeness (QED) is 0.513. The van der Waals surface area contributed by atoms with Crippen LogP contribution < -0.4 is 0 Å². The molecule has 5 rings (SSSR count). The summed E-state index contributed by atoms with van der Waals surface area (Å²) in [5, 5.41) is 6.21. The number of hydrogen-bond acceptors (Lipinski definition) is 3. The normalized spacial score (nSPS) is 13.5. The third-order valence-corrected chi connectivity index (χ3v) is 5.78. The van der Waals surface area contributed by atoms with Gasteiger partial charge in [0.25, 0.3) is 0 Å².